The van der Waals surface area contributed by atoms with Gasteiger partial charge in [0.25, 0.3) is 0 Å². The summed E-state index contributed by atoms with van der Waals surface area (Å²) in [7, 11) is -1.63. The molecule has 2 heterocycles. The average molecular weight is 351 g/mol. The SMILES string of the molecule is COc1nc(C(C)C)c(Oc2cnc(C)nc2N)cc1S(C)(=N)=O. The van der Waals surface area contributed by atoms with Crippen molar-refractivity contribution in [2.24, 2.45) is 0 Å². The molecule has 0 radical (unpaired) electrons. The lowest BCUT2D eigenvalue weighted by atomic mass is 10.1. The summed E-state index contributed by atoms with van der Waals surface area (Å²) in [4.78, 5) is 12.6. The van der Waals surface area contributed by atoms with Crippen LogP contribution in [0.2, 0.25) is 0 Å². The molecule has 0 amide bonds. The molecule has 0 saturated carbocycles. The third kappa shape index (κ3) is 3.73. The molecule has 0 aliphatic rings. The summed E-state index contributed by atoms with van der Waals surface area (Å²) in [5, 5.41) is 0. The van der Waals surface area contributed by atoms with Gasteiger partial charge in [0.15, 0.2) is 17.3 Å². The quantitative estimate of drug-likeness (QED) is 0.848. The first-order valence-electron chi connectivity index (χ1n) is 7.23. The monoisotopic (exact) mass is 351 g/mol. The van der Waals surface area contributed by atoms with Gasteiger partial charge in [-0.2, -0.15) is 0 Å². The van der Waals surface area contributed by atoms with Crippen LogP contribution in [0.25, 0.3) is 0 Å². The topological polar surface area (TPSA) is 124 Å². The average Bonchev–Trinajstić information content (AvgIpc) is 2.48. The van der Waals surface area contributed by atoms with Gasteiger partial charge in [-0.25, -0.2) is 23.9 Å². The zero-order valence-electron chi connectivity index (χ0n) is 14.3. The molecular formula is C15H21N5O3S. The van der Waals surface area contributed by atoms with Crippen LogP contribution in [0.4, 0.5) is 5.82 Å². The summed E-state index contributed by atoms with van der Waals surface area (Å²) >= 11 is 0. The van der Waals surface area contributed by atoms with Gasteiger partial charge in [-0.3, -0.25) is 0 Å². The number of nitrogens with zero attached hydrogens (tertiary/aromatic N) is 3. The molecule has 0 spiro atoms. The van der Waals surface area contributed by atoms with E-state index in [0.29, 0.717) is 17.3 Å². The van der Waals surface area contributed by atoms with E-state index in [0.717, 1.165) is 0 Å². The Bertz CT molecular complexity index is 866. The highest BCUT2D eigenvalue weighted by atomic mass is 32.2. The summed E-state index contributed by atoms with van der Waals surface area (Å²) < 4.78 is 31.1. The van der Waals surface area contributed by atoms with Crippen LogP contribution in [0.3, 0.4) is 0 Å². The molecule has 0 fully saturated rings. The number of nitrogens with one attached hydrogen (secondary N) is 1. The lowest BCUT2D eigenvalue weighted by Crippen LogP contribution is -2.07. The van der Waals surface area contributed by atoms with E-state index in [4.69, 9.17) is 20.0 Å². The number of nitrogen functional groups attached to an aromatic ring is 1. The van der Waals surface area contributed by atoms with E-state index < -0.39 is 9.73 Å². The Hall–Kier alpha value is -2.42. The molecule has 0 bridgehead atoms. The summed E-state index contributed by atoms with van der Waals surface area (Å²) in [6.45, 7) is 5.60. The lowest BCUT2D eigenvalue weighted by Gasteiger charge is -2.17. The Balaban J connectivity index is 2.62. The third-order valence-corrected chi connectivity index (χ3v) is 4.36. The van der Waals surface area contributed by atoms with Crippen LogP contribution in [-0.4, -0.2) is 32.5 Å². The number of pyridine rings is 1. The van der Waals surface area contributed by atoms with Crippen molar-refractivity contribution < 1.29 is 13.7 Å². The second-order valence-corrected chi connectivity index (χ2v) is 7.77. The molecule has 1 atom stereocenters. The summed E-state index contributed by atoms with van der Waals surface area (Å²) in [5.41, 5.74) is 6.46. The van der Waals surface area contributed by atoms with Gasteiger partial charge >= 0.3 is 0 Å². The molecule has 0 aliphatic heterocycles. The Morgan fingerprint density at radius 2 is 1.96 bits per heavy atom. The van der Waals surface area contributed by atoms with Gasteiger partial charge in [0.1, 0.15) is 10.7 Å². The fourth-order valence-corrected chi connectivity index (χ4v) is 2.86. The fourth-order valence-electron chi connectivity index (χ4n) is 2.07. The van der Waals surface area contributed by atoms with E-state index in [-0.39, 0.29) is 28.3 Å². The molecule has 2 aromatic heterocycles. The highest BCUT2D eigenvalue weighted by molar-refractivity contribution is 7.91. The van der Waals surface area contributed by atoms with E-state index in [1.54, 1.807) is 6.92 Å². The molecule has 1 unspecified atom stereocenters. The predicted octanol–water partition coefficient (Wildman–Crippen LogP) is 2.72. The maximum absolute atomic E-state index is 12.2. The number of methoxy groups -OCH3 is 1. The Morgan fingerprint density at radius 3 is 2.46 bits per heavy atom. The van der Waals surface area contributed by atoms with Gasteiger partial charge < -0.3 is 15.2 Å². The van der Waals surface area contributed by atoms with Crippen LogP contribution in [0.5, 0.6) is 17.4 Å². The van der Waals surface area contributed by atoms with Crippen molar-refractivity contribution in [3.63, 3.8) is 0 Å². The van der Waals surface area contributed by atoms with Crippen molar-refractivity contribution >= 4 is 15.5 Å². The molecule has 8 nitrogen and oxygen atoms in total. The minimum absolute atomic E-state index is 0.00850. The number of aryl methyl sites for hydroxylation is 1. The number of anilines is 1. The van der Waals surface area contributed by atoms with Crippen LogP contribution < -0.4 is 15.2 Å². The Labute approximate surface area is 141 Å². The molecule has 0 saturated heterocycles. The van der Waals surface area contributed by atoms with Gasteiger partial charge in [-0.1, -0.05) is 13.8 Å². The van der Waals surface area contributed by atoms with Gasteiger partial charge in [-0.05, 0) is 12.8 Å². The molecule has 0 aliphatic carbocycles. The van der Waals surface area contributed by atoms with Crippen molar-refractivity contribution in [3.8, 4) is 17.4 Å². The molecular weight excluding hydrogens is 330 g/mol. The predicted molar refractivity (Wildman–Crippen MR) is 91.2 cm³/mol. The summed E-state index contributed by atoms with van der Waals surface area (Å²) in [6.07, 6.45) is 2.77. The van der Waals surface area contributed by atoms with Crippen LogP contribution in [0, 0.1) is 11.7 Å². The Morgan fingerprint density at radius 1 is 1.29 bits per heavy atom. The number of hydrogen-bond donors (Lipinski definition) is 2. The maximum Gasteiger partial charge on any atom is 0.231 e. The first kappa shape index (κ1) is 17.9. The van der Waals surface area contributed by atoms with Gasteiger partial charge in [-0.15, -0.1) is 0 Å². The highest BCUT2D eigenvalue weighted by Crippen LogP contribution is 2.36. The molecule has 130 valence electrons. The molecule has 9 heteroatoms. The summed E-state index contributed by atoms with van der Waals surface area (Å²) in [6, 6.07) is 1.51. The van der Waals surface area contributed by atoms with Crippen molar-refractivity contribution in [1.29, 1.82) is 4.78 Å². The van der Waals surface area contributed by atoms with Crippen LogP contribution >= 0.6 is 0 Å². The van der Waals surface area contributed by atoms with E-state index >= 15 is 0 Å². The van der Waals surface area contributed by atoms with E-state index in [2.05, 4.69) is 15.0 Å². The minimum atomic E-state index is -3.05. The third-order valence-electron chi connectivity index (χ3n) is 3.23. The lowest BCUT2D eigenvalue weighted by molar-refractivity contribution is 0.378. The number of hydrogen-bond acceptors (Lipinski definition) is 8. The second-order valence-electron chi connectivity index (χ2n) is 5.65. The molecule has 2 aromatic rings. The normalized spacial score (nSPS) is 13.6. The highest BCUT2D eigenvalue weighted by Gasteiger charge is 2.21. The molecule has 0 aromatic carbocycles. The van der Waals surface area contributed by atoms with Crippen molar-refractivity contribution in [2.45, 2.75) is 31.6 Å². The first-order valence-corrected chi connectivity index (χ1v) is 9.19. The molecule has 2 rings (SSSR count). The number of rotatable bonds is 5. The zero-order valence-corrected chi connectivity index (χ0v) is 15.1. The molecule has 3 N–H and O–H groups in total. The van der Waals surface area contributed by atoms with Gasteiger partial charge in [0, 0.05) is 12.3 Å². The number of aromatic nitrogens is 3. The standard InChI is InChI=1S/C15H21N5O3S/c1-8(2)13-10(23-11-7-18-9(3)19-14(11)16)6-12(24(5,17)21)15(20-13)22-4/h6-8,17H,1-5H3,(H2,16,18,19). The second kappa shape index (κ2) is 6.60. The van der Waals surface area contributed by atoms with Crippen LogP contribution in [0.1, 0.15) is 31.3 Å². The van der Waals surface area contributed by atoms with Gasteiger partial charge in [0.05, 0.1) is 28.7 Å². The smallest absolute Gasteiger partial charge is 0.231 e. The van der Waals surface area contributed by atoms with Crippen molar-refractivity contribution in [2.75, 3.05) is 19.1 Å². The number of ether oxygens (including phenoxy) is 2. The van der Waals surface area contributed by atoms with Crippen LogP contribution in [0.15, 0.2) is 17.2 Å². The van der Waals surface area contributed by atoms with Crippen LogP contribution in [-0.2, 0) is 9.73 Å². The first-order chi connectivity index (χ1) is 11.1. The summed E-state index contributed by atoms with van der Waals surface area (Å²) in [5.74, 6) is 1.50. The largest absolute Gasteiger partial charge is 0.480 e. The maximum atomic E-state index is 12.2. The molecule has 24 heavy (non-hydrogen) atoms. The van der Waals surface area contributed by atoms with E-state index in [1.165, 1.54) is 25.6 Å². The van der Waals surface area contributed by atoms with E-state index in [9.17, 15) is 4.21 Å². The van der Waals surface area contributed by atoms with E-state index in [1.807, 2.05) is 13.8 Å². The van der Waals surface area contributed by atoms with Gasteiger partial charge in [0.2, 0.25) is 5.88 Å². The zero-order chi connectivity index (χ0) is 18.1. The van der Waals surface area contributed by atoms with Crippen molar-refractivity contribution in [3.05, 3.63) is 23.8 Å². The Kier molecular flexibility index (Phi) is 4.93. The number of nitrogens with two attached hydrogens (primary N) is 1. The van der Waals surface area contributed by atoms with Crippen molar-refractivity contribution in [1.82, 2.24) is 15.0 Å². The fraction of sp³-hybridized carbons (Fsp3) is 0.400. The minimum Gasteiger partial charge on any atom is -0.480 e.